The largest absolute Gasteiger partial charge is 0.500 e. The van der Waals surface area contributed by atoms with Crippen molar-refractivity contribution in [1.82, 2.24) is 0 Å². The second-order valence-corrected chi connectivity index (χ2v) is 9.63. The number of hydrogen-bond acceptors (Lipinski definition) is 5. The first-order valence-corrected chi connectivity index (χ1v) is 11.4. The molecule has 2 aromatic rings. The molecule has 1 saturated heterocycles. The molecule has 2 aromatic carbocycles. The first-order valence-electron chi connectivity index (χ1n) is 9.44. The van der Waals surface area contributed by atoms with Crippen LogP contribution >= 0.6 is 0 Å². The van der Waals surface area contributed by atoms with Gasteiger partial charge < -0.3 is 22.9 Å². The van der Waals surface area contributed by atoms with Gasteiger partial charge in [0.25, 0.3) is 0 Å². The lowest BCUT2D eigenvalue weighted by molar-refractivity contribution is -0.0114. The zero-order valence-electron chi connectivity index (χ0n) is 16.2. The molecule has 0 amide bonds. The predicted octanol–water partition coefficient (Wildman–Crippen LogP) is 3.73. The highest BCUT2D eigenvalue weighted by atomic mass is 28.4. The number of ether oxygens (including phenoxy) is 1. The molecule has 0 spiro atoms. The van der Waals surface area contributed by atoms with E-state index < -0.39 is 8.80 Å². The maximum Gasteiger partial charge on any atom is 0.500 e. The minimum atomic E-state index is -2.64. The van der Waals surface area contributed by atoms with E-state index in [1.807, 2.05) is 12.1 Å². The number of nitrogens with zero attached hydrogens (tertiary/aromatic N) is 1. The van der Waals surface area contributed by atoms with Crippen molar-refractivity contribution in [2.45, 2.75) is 25.1 Å². The van der Waals surface area contributed by atoms with Gasteiger partial charge in [-0.2, -0.15) is 0 Å². The summed E-state index contributed by atoms with van der Waals surface area (Å²) < 4.78 is 23.7. The summed E-state index contributed by atoms with van der Waals surface area (Å²) in [5, 5.41) is 0. The Labute approximate surface area is 163 Å². The molecular weight excluding hydrogens is 358 g/mol. The molecule has 27 heavy (non-hydrogen) atoms. The normalized spacial score (nSPS) is 19.9. The summed E-state index contributed by atoms with van der Waals surface area (Å²) in [6.45, 7) is 2.77. The average Bonchev–Trinajstić information content (AvgIpc) is 2.71. The summed E-state index contributed by atoms with van der Waals surface area (Å²) in [6.07, 6.45) is 0.785. The van der Waals surface area contributed by atoms with Gasteiger partial charge >= 0.3 is 8.80 Å². The van der Waals surface area contributed by atoms with Crippen molar-refractivity contribution in [3.8, 4) is 0 Å². The van der Waals surface area contributed by atoms with E-state index in [1.54, 1.807) is 14.2 Å². The van der Waals surface area contributed by atoms with E-state index in [2.05, 4.69) is 53.4 Å². The highest BCUT2D eigenvalue weighted by molar-refractivity contribution is 6.60. The Morgan fingerprint density at radius 2 is 1.67 bits per heavy atom. The fourth-order valence-electron chi connectivity index (χ4n) is 3.38. The summed E-state index contributed by atoms with van der Waals surface area (Å²) in [6, 6.07) is 21.7. The number of anilines is 1. The maximum absolute atomic E-state index is 6.39. The number of benzene rings is 2. The Balaban J connectivity index is 1.79. The van der Waals surface area contributed by atoms with Crippen LogP contribution in [0.2, 0.25) is 6.04 Å². The van der Waals surface area contributed by atoms with Crippen molar-refractivity contribution < 1.29 is 18.0 Å². The summed E-state index contributed by atoms with van der Waals surface area (Å²) in [5.41, 5.74) is 2.42. The summed E-state index contributed by atoms with van der Waals surface area (Å²) in [4.78, 5) is 2.33. The Morgan fingerprint density at radius 3 is 2.33 bits per heavy atom. The van der Waals surface area contributed by atoms with Crippen molar-refractivity contribution in [2.24, 2.45) is 0 Å². The van der Waals surface area contributed by atoms with Crippen LogP contribution in [0, 0.1) is 0 Å². The van der Waals surface area contributed by atoms with Crippen molar-refractivity contribution in [2.75, 3.05) is 38.9 Å². The molecule has 0 bridgehead atoms. The van der Waals surface area contributed by atoms with Gasteiger partial charge in [0.15, 0.2) is 0 Å². The molecule has 3 rings (SSSR count). The topological polar surface area (TPSA) is 40.2 Å². The average molecular weight is 388 g/mol. The molecule has 1 fully saturated rings. The Kier molecular flexibility index (Phi) is 7.43. The van der Waals surface area contributed by atoms with Gasteiger partial charge in [-0.25, -0.2) is 0 Å². The van der Waals surface area contributed by atoms with Gasteiger partial charge in [0.2, 0.25) is 0 Å². The summed E-state index contributed by atoms with van der Waals surface area (Å²) >= 11 is 0. The molecule has 1 aliphatic rings. The van der Waals surface area contributed by atoms with Crippen LogP contribution < -0.4 is 4.90 Å². The zero-order valence-corrected chi connectivity index (χ0v) is 17.2. The van der Waals surface area contributed by atoms with Crippen LogP contribution in [0.25, 0.3) is 0 Å². The molecule has 1 unspecified atom stereocenters. The van der Waals surface area contributed by atoms with Crippen LogP contribution in [-0.4, -0.2) is 48.9 Å². The van der Waals surface area contributed by atoms with E-state index in [1.165, 1.54) is 5.56 Å². The summed E-state index contributed by atoms with van der Waals surface area (Å²) in [5.74, 6) is 0. The molecule has 5 nitrogen and oxygen atoms in total. The molecule has 0 aliphatic carbocycles. The fourth-order valence-corrected chi connectivity index (χ4v) is 5.49. The third-order valence-electron chi connectivity index (χ3n) is 4.81. The van der Waals surface area contributed by atoms with Crippen molar-refractivity contribution >= 4 is 14.5 Å². The van der Waals surface area contributed by atoms with E-state index in [9.17, 15) is 0 Å². The van der Waals surface area contributed by atoms with E-state index in [0.29, 0.717) is 19.8 Å². The minimum absolute atomic E-state index is 0.110. The molecule has 0 N–H and O–H groups in total. The SMILES string of the molecule is CO[Si]1(OC)CCCOCC(CN(Cc2ccccc2)c2ccccc2)O1. The van der Waals surface area contributed by atoms with Crippen LogP contribution in [0.15, 0.2) is 60.7 Å². The Bertz CT molecular complexity index is 666. The number of hydrogen-bond donors (Lipinski definition) is 0. The van der Waals surface area contributed by atoms with Crippen LogP contribution in [0.3, 0.4) is 0 Å². The molecule has 6 heteroatoms. The van der Waals surface area contributed by atoms with Crippen LogP contribution in [-0.2, 0) is 24.6 Å². The molecule has 1 atom stereocenters. The van der Waals surface area contributed by atoms with Crippen molar-refractivity contribution in [1.29, 1.82) is 0 Å². The second kappa shape index (κ2) is 10.0. The minimum Gasteiger partial charge on any atom is -0.379 e. The van der Waals surface area contributed by atoms with E-state index in [4.69, 9.17) is 18.0 Å². The first kappa shape index (κ1) is 20.0. The van der Waals surface area contributed by atoms with E-state index >= 15 is 0 Å². The first-order chi connectivity index (χ1) is 13.2. The monoisotopic (exact) mass is 387 g/mol. The zero-order chi connectivity index (χ0) is 19.0. The maximum atomic E-state index is 6.39. The molecular formula is C21H29NO4Si. The fraction of sp³-hybridized carbons (Fsp3) is 0.429. The Hall–Kier alpha value is -1.70. The standard InChI is InChI=1S/C21H29NO4Si/c1-23-27(24-2)15-9-14-25-18-21(26-27)17-22(20-12-7-4-8-13-20)16-19-10-5-3-6-11-19/h3-8,10-13,21H,9,14-18H2,1-2H3. The van der Waals surface area contributed by atoms with E-state index in [0.717, 1.165) is 24.7 Å². The lowest BCUT2D eigenvalue weighted by Gasteiger charge is -2.36. The van der Waals surface area contributed by atoms with Crippen molar-refractivity contribution in [3.63, 3.8) is 0 Å². The third-order valence-corrected chi connectivity index (χ3v) is 7.71. The number of para-hydroxylation sites is 1. The van der Waals surface area contributed by atoms with Crippen LogP contribution in [0.1, 0.15) is 12.0 Å². The molecule has 0 radical (unpaired) electrons. The van der Waals surface area contributed by atoms with Gasteiger partial charge in [0.1, 0.15) is 0 Å². The van der Waals surface area contributed by atoms with Crippen LogP contribution in [0.4, 0.5) is 5.69 Å². The lowest BCUT2D eigenvalue weighted by atomic mass is 10.2. The Morgan fingerprint density at radius 1 is 1.00 bits per heavy atom. The van der Waals surface area contributed by atoms with Gasteiger partial charge in [-0.3, -0.25) is 0 Å². The molecule has 0 saturated carbocycles. The number of rotatable bonds is 7. The second-order valence-electron chi connectivity index (χ2n) is 6.71. The van der Waals surface area contributed by atoms with E-state index in [-0.39, 0.29) is 6.10 Å². The van der Waals surface area contributed by atoms with Gasteiger partial charge in [-0.05, 0) is 24.1 Å². The highest BCUT2D eigenvalue weighted by Crippen LogP contribution is 2.24. The summed E-state index contributed by atoms with van der Waals surface area (Å²) in [7, 11) is 0.735. The molecule has 0 aromatic heterocycles. The lowest BCUT2D eigenvalue weighted by Crippen LogP contribution is -2.51. The van der Waals surface area contributed by atoms with Gasteiger partial charge in [0, 0.05) is 45.6 Å². The van der Waals surface area contributed by atoms with Crippen LogP contribution in [0.5, 0.6) is 0 Å². The highest BCUT2D eigenvalue weighted by Gasteiger charge is 2.42. The van der Waals surface area contributed by atoms with Crippen molar-refractivity contribution in [3.05, 3.63) is 66.2 Å². The van der Waals surface area contributed by atoms with Gasteiger partial charge in [-0.15, -0.1) is 0 Å². The molecule has 1 aliphatic heterocycles. The third kappa shape index (κ3) is 5.64. The van der Waals surface area contributed by atoms with Gasteiger partial charge in [0.05, 0.1) is 12.7 Å². The van der Waals surface area contributed by atoms with Gasteiger partial charge in [-0.1, -0.05) is 48.5 Å². The smallest absolute Gasteiger partial charge is 0.379 e. The molecule has 1 heterocycles. The predicted molar refractivity (Wildman–Crippen MR) is 109 cm³/mol. The molecule has 146 valence electrons. The quantitative estimate of drug-likeness (QED) is 0.677.